The molecule has 1 aromatic carbocycles. The van der Waals surface area contributed by atoms with Crippen LogP contribution >= 0.6 is 15.9 Å². The summed E-state index contributed by atoms with van der Waals surface area (Å²) < 4.78 is 1.05. The Morgan fingerprint density at radius 2 is 1.76 bits per heavy atom. The summed E-state index contributed by atoms with van der Waals surface area (Å²) in [7, 11) is 0. The third-order valence-corrected chi connectivity index (χ3v) is 3.30. The van der Waals surface area contributed by atoms with Crippen LogP contribution in [0.15, 0.2) is 28.7 Å². The van der Waals surface area contributed by atoms with Crippen molar-refractivity contribution in [2.45, 2.75) is 32.9 Å². The van der Waals surface area contributed by atoms with Crippen molar-refractivity contribution in [1.29, 1.82) is 0 Å². The topological polar surface area (TPSA) is 55.1 Å². The molecule has 1 aromatic rings. The summed E-state index contributed by atoms with van der Waals surface area (Å²) in [6.07, 6.45) is 0. The molecule has 4 heteroatoms. The maximum Gasteiger partial charge on any atom is 0.234 e. The summed E-state index contributed by atoms with van der Waals surface area (Å²) in [5.41, 5.74) is 6.52. The molecule has 0 saturated carbocycles. The van der Waals surface area contributed by atoms with Crippen molar-refractivity contribution in [1.82, 2.24) is 5.32 Å². The van der Waals surface area contributed by atoms with Crippen molar-refractivity contribution in [3.63, 3.8) is 0 Å². The van der Waals surface area contributed by atoms with E-state index in [1.165, 1.54) is 0 Å². The smallest absolute Gasteiger partial charge is 0.234 e. The van der Waals surface area contributed by atoms with Gasteiger partial charge in [-0.2, -0.15) is 0 Å². The van der Waals surface area contributed by atoms with E-state index in [1.54, 1.807) is 0 Å². The van der Waals surface area contributed by atoms with E-state index in [-0.39, 0.29) is 23.9 Å². The van der Waals surface area contributed by atoms with E-state index < -0.39 is 0 Å². The molecule has 0 aliphatic carbocycles. The normalized spacial score (nSPS) is 14.6. The van der Waals surface area contributed by atoms with Gasteiger partial charge in [-0.3, -0.25) is 10.1 Å². The molecule has 0 radical (unpaired) electrons. The molecular formula is C13H19BrN2O. The zero-order valence-corrected chi connectivity index (χ0v) is 12.0. The first-order chi connectivity index (χ1) is 7.91. The number of carbonyl (C=O) groups excluding carboxylic acids is 1. The number of benzene rings is 1. The Morgan fingerprint density at radius 3 is 2.18 bits per heavy atom. The fourth-order valence-corrected chi connectivity index (χ4v) is 1.98. The summed E-state index contributed by atoms with van der Waals surface area (Å²) in [4.78, 5) is 11.3. The van der Waals surface area contributed by atoms with Crippen LogP contribution in [-0.2, 0) is 4.79 Å². The molecule has 17 heavy (non-hydrogen) atoms. The van der Waals surface area contributed by atoms with E-state index >= 15 is 0 Å². The Balaban J connectivity index is 2.73. The van der Waals surface area contributed by atoms with E-state index in [4.69, 9.17) is 5.73 Å². The Hall–Kier alpha value is -0.870. The third kappa shape index (κ3) is 4.13. The molecule has 1 rings (SSSR count). The molecule has 0 aliphatic heterocycles. The van der Waals surface area contributed by atoms with Gasteiger partial charge in [-0.1, -0.05) is 41.9 Å². The highest BCUT2D eigenvalue weighted by Crippen LogP contribution is 2.18. The second-order valence-electron chi connectivity index (χ2n) is 4.56. The summed E-state index contributed by atoms with van der Waals surface area (Å²) in [5.74, 6) is -0.116. The fraction of sp³-hybridized carbons (Fsp3) is 0.462. The first-order valence-electron chi connectivity index (χ1n) is 5.72. The number of hydrogen-bond donors (Lipinski definition) is 2. The predicted octanol–water partition coefficient (Wildman–Crippen LogP) is 2.61. The molecule has 1 amide bonds. The van der Waals surface area contributed by atoms with Gasteiger partial charge in [0, 0.05) is 10.5 Å². The molecule has 0 aromatic heterocycles. The monoisotopic (exact) mass is 298 g/mol. The average molecular weight is 299 g/mol. The van der Waals surface area contributed by atoms with Crippen LogP contribution in [-0.4, -0.2) is 11.9 Å². The summed E-state index contributed by atoms with van der Waals surface area (Å²) in [6.45, 7) is 6.00. The van der Waals surface area contributed by atoms with E-state index in [1.807, 2.05) is 45.0 Å². The van der Waals surface area contributed by atoms with Crippen molar-refractivity contribution in [3.8, 4) is 0 Å². The first-order valence-corrected chi connectivity index (χ1v) is 6.52. The molecule has 3 N–H and O–H groups in total. The molecular weight excluding hydrogens is 280 g/mol. The zero-order chi connectivity index (χ0) is 13.0. The van der Waals surface area contributed by atoms with E-state index in [0.717, 1.165) is 10.0 Å². The minimum absolute atomic E-state index is 0.1000. The molecule has 2 unspecified atom stereocenters. The predicted molar refractivity (Wildman–Crippen MR) is 73.5 cm³/mol. The van der Waals surface area contributed by atoms with Crippen molar-refractivity contribution in [3.05, 3.63) is 34.3 Å². The summed E-state index contributed by atoms with van der Waals surface area (Å²) in [5, 5.41) is 3.26. The van der Waals surface area contributed by atoms with E-state index in [9.17, 15) is 4.79 Å². The Morgan fingerprint density at radius 1 is 1.24 bits per heavy atom. The highest BCUT2D eigenvalue weighted by Gasteiger charge is 2.21. The lowest BCUT2D eigenvalue weighted by Crippen LogP contribution is -2.45. The number of carbonyl (C=O) groups is 1. The molecule has 0 bridgehead atoms. The van der Waals surface area contributed by atoms with Gasteiger partial charge >= 0.3 is 0 Å². The largest absolute Gasteiger partial charge is 0.368 e. The number of hydrogen-bond acceptors (Lipinski definition) is 2. The van der Waals surface area contributed by atoms with E-state index in [2.05, 4.69) is 21.2 Å². The van der Waals surface area contributed by atoms with Gasteiger partial charge < -0.3 is 5.73 Å². The van der Waals surface area contributed by atoms with Gasteiger partial charge in [0.15, 0.2) is 0 Å². The SMILES string of the molecule is CC(NC(C(N)=O)C(C)C)c1ccc(Br)cc1. The highest BCUT2D eigenvalue weighted by molar-refractivity contribution is 9.10. The molecule has 0 fully saturated rings. The quantitative estimate of drug-likeness (QED) is 0.878. The standard InChI is InChI=1S/C13H19BrN2O/c1-8(2)12(13(15)17)16-9(3)10-4-6-11(14)7-5-10/h4-9,12,16H,1-3H3,(H2,15,17). The van der Waals surface area contributed by atoms with Crippen LogP contribution in [0.1, 0.15) is 32.4 Å². The molecule has 2 atom stereocenters. The van der Waals surface area contributed by atoms with Gasteiger partial charge in [0.1, 0.15) is 0 Å². The molecule has 3 nitrogen and oxygen atoms in total. The molecule has 0 spiro atoms. The maximum atomic E-state index is 11.3. The van der Waals surface area contributed by atoms with E-state index in [0.29, 0.717) is 0 Å². The summed E-state index contributed by atoms with van der Waals surface area (Å²) in [6, 6.07) is 7.83. The number of rotatable bonds is 5. The van der Waals surface area contributed by atoms with Gasteiger partial charge in [-0.05, 0) is 30.5 Å². The van der Waals surface area contributed by atoms with Crippen LogP contribution in [0, 0.1) is 5.92 Å². The van der Waals surface area contributed by atoms with Gasteiger partial charge in [-0.25, -0.2) is 0 Å². The molecule has 0 heterocycles. The van der Waals surface area contributed by atoms with Crippen molar-refractivity contribution in [2.24, 2.45) is 11.7 Å². The third-order valence-electron chi connectivity index (χ3n) is 2.77. The molecule has 0 aliphatic rings. The van der Waals surface area contributed by atoms with Gasteiger partial charge in [-0.15, -0.1) is 0 Å². The lowest BCUT2D eigenvalue weighted by atomic mass is 10.0. The number of halogens is 1. The van der Waals surface area contributed by atoms with Gasteiger partial charge in [0.25, 0.3) is 0 Å². The Labute approximate surface area is 111 Å². The molecule has 0 saturated heterocycles. The van der Waals surface area contributed by atoms with Crippen LogP contribution in [0.25, 0.3) is 0 Å². The summed E-state index contributed by atoms with van der Waals surface area (Å²) >= 11 is 3.40. The minimum Gasteiger partial charge on any atom is -0.368 e. The van der Waals surface area contributed by atoms with Crippen molar-refractivity contribution in [2.75, 3.05) is 0 Å². The van der Waals surface area contributed by atoms with Gasteiger partial charge in [0.2, 0.25) is 5.91 Å². The van der Waals surface area contributed by atoms with Crippen molar-refractivity contribution >= 4 is 21.8 Å². The second-order valence-corrected chi connectivity index (χ2v) is 5.48. The Bertz CT molecular complexity index is 376. The minimum atomic E-state index is -0.302. The van der Waals surface area contributed by atoms with Crippen LogP contribution in [0.3, 0.4) is 0 Å². The maximum absolute atomic E-state index is 11.3. The zero-order valence-electron chi connectivity index (χ0n) is 10.4. The number of amides is 1. The Kier molecular flexibility index (Phi) is 5.15. The first kappa shape index (κ1) is 14.2. The number of nitrogens with two attached hydrogens (primary N) is 1. The number of nitrogens with one attached hydrogen (secondary N) is 1. The lowest BCUT2D eigenvalue weighted by molar-refractivity contribution is -0.121. The fourth-order valence-electron chi connectivity index (χ4n) is 1.72. The van der Waals surface area contributed by atoms with Crippen LogP contribution in [0.2, 0.25) is 0 Å². The highest BCUT2D eigenvalue weighted by atomic mass is 79.9. The lowest BCUT2D eigenvalue weighted by Gasteiger charge is -2.24. The second kappa shape index (κ2) is 6.17. The van der Waals surface area contributed by atoms with Crippen LogP contribution in [0.4, 0.5) is 0 Å². The van der Waals surface area contributed by atoms with Crippen LogP contribution < -0.4 is 11.1 Å². The van der Waals surface area contributed by atoms with Gasteiger partial charge in [0.05, 0.1) is 6.04 Å². The number of primary amides is 1. The van der Waals surface area contributed by atoms with Crippen LogP contribution in [0.5, 0.6) is 0 Å². The average Bonchev–Trinajstić information content (AvgIpc) is 2.25. The van der Waals surface area contributed by atoms with Crippen molar-refractivity contribution < 1.29 is 4.79 Å². The molecule has 94 valence electrons.